The molecule has 0 atom stereocenters. The van der Waals surface area contributed by atoms with Crippen LogP contribution in [0.4, 0.5) is 5.69 Å². The van der Waals surface area contributed by atoms with Crippen molar-refractivity contribution < 1.29 is 4.92 Å². The quantitative estimate of drug-likeness (QED) is 0.387. The van der Waals surface area contributed by atoms with Crippen LogP contribution in [0.1, 0.15) is 0 Å². The molecule has 0 unspecified atom stereocenters. The third kappa shape index (κ3) is 2.11. The van der Waals surface area contributed by atoms with Gasteiger partial charge in [0.25, 0.3) is 5.69 Å². The standard InChI is InChI=1S/C13H8BrClN4O3/c1-17-12-9(5-6-10(14)16-12)18(13(17)20)11-7(15)3-2-4-8(11)19(21)22/h2-6H,1H3. The Balaban J connectivity index is 2.50. The molecular weight excluding hydrogens is 376 g/mol. The maximum atomic E-state index is 12.5. The first-order chi connectivity index (χ1) is 10.4. The van der Waals surface area contributed by atoms with Crippen molar-refractivity contribution in [1.82, 2.24) is 14.1 Å². The number of hydrogen-bond donors (Lipinski definition) is 0. The lowest BCUT2D eigenvalue weighted by Gasteiger charge is -2.06. The minimum atomic E-state index is -0.571. The summed E-state index contributed by atoms with van der Waals surface area (Å²) in [5.41, 5.74) is 0.163. The minimum Gasteiger partial charge on any atom is -0.279 e. The number of nitrogens with zero attached hydrogens (tertiary/aromatic N) is 4. The molecule has 0 saturated heterocycles. The fourth-order valence-electron chi connectivity index (χ4n) is 2.27. The highest BCUT2D eigenvalue weighted by Gasteiger charge is 2.24. The third-order valence-corrected chi connectivity index (χ3v) is 3.99. The fourth-order valence-corrected chi connectivity index (χ4v) is 2.83. The van der Waals surface area contributed by atoms with Crippen LogP contribution in [-0.4, -0.2) is 19.0 Å². The van der Waals surface area contributed by atoms with Crippen molar-refractivity contribution in [3.05, 3.63) is 60.6 Å². The molecule has 0 amide bonds. The van der Waals surface area contributed by atoms with Gasteiger partial charge in [0, 0.05) is 13.1 Å². The van der Waals surface area contributed by atoms with Crippen molar-refractivity contribution in [3.8, 4) is 5.69 Å². The predicted octanol–water partition coefficient (Wildman–Crippen LogP) is 3.05. The lowest BCUT2D eigenvalue weighted by Crippen LogP contribution is -2.21. The van der Waals surface area contributed by atoms with Gasteiger partial charge in [-0.2, -0.15) is 0 Å². The summed E-state index contributed by atoms with van der Waals surface area (Å²) in [6, 6.07) is 7.58. The highest BCUT2D eigenvalue weighted by Crippen LogP contribution is 2.31. The number of imidazole rings is 1. The summed E-state index contributed by atoms with van der Waals surface area (Å²) in [5.74, 6) is 0. The smallest absolute Gasteiger partial charge is 0.279 e. The molecule has 2 aromatic heterocycles. The average molecular weight is 384 g/mol. The normalized spacial score (nSPS) is 11.0. The van der Waals surface area contributed by atoms with Gasteiger partial charge in [0.15, 0.2) is 5.65 Å². The zero-order chi connectivity index (χ0) is 16.0. The second kappa shape index (κ2) is 5.22. The van der Waals surface area contributed by atoms with Crippen molar-refractivity contribution in [2.45, 2.75) is 0 Å². The van der Waals surface area contributed by atoms with E-state index in [9.17, 15) is 14.9 Å². The molecule has 3 rings (SSSR count). The molecule has 9 heteroatoms. The molecule has 0 aliphatic heterocycles. The molecule has 22 heavy (non-hydrogen) atoms. The van der Waals surface area contributed by atoms with E-state index in [1.54, 1.807) is 19.2 Å². The first-order valence-corrected chi connectivity index (χ1v) is 7.26. The molecule has 0 radical (unpaired) electrons. The maximum Gasteiger partial charge on any atom is 0.334 e. The van der Waals surface area contributed by atoms with Gasteiger partial charge in [0.2, 0.25) is 0 Å². The highest BCUT2D eigenvalue weighted by molar-refractivity contribution is 9.10. The number of hydrogen-bond acceptors (Lipinski definition) is 4. The van der Waals surface area contributed by atoms with Crippen LogP contribution >= 0.6 is 27.5 Å². The number of benzene rings is 1. The summed E-state index contributed by atoms with van der Waals surface area (Å²) < 4.78 is 3.07. The first kappa shape index (κ1) is 14.7. The molecule has 112 valence electrons. The van der Waals surface area contributed by atoms with Crippen LogP contribution in [0, 0.1) is 10.1 Å². The maximum absolute atomic E-state index is 12.5. The van der Waals surface area contributed by atoms with Crippen LogP contribution in [0.2, 0.25) is 5.02 Å². The monoisotopic (exact) mass is 382 g/mol. The van der Waals surface area contributed by atoms with Gasteiger partial charge in [-0.25, -0.2) is 9.78 Å². The second-order valence-corrected chi connectivity index (χ2v) is 5.74. The van der Waals surface area contributed by atoms with Gasteiger partial charge in [0.1, 0.15) is 10.3 Å². The number of halogens is 2. The molecule has 7 nitrogen and oxygen atoms in total. The lowest BCUT2D eigenvalue weighted by molar-refractivity contribution is -0.384. The molecular formula is C13H8BrClN4O3. The van der Waals surface area contributed by atoms with E-state index in [-0.39, 0.29) is 16.4 Å². The number of nitro groups is 1. The van der Waals surface area contributed by atoms with Gasteiger partial charge in [-0.1, -0.05) is 17.7 Å². The number of nitro benzene ring substituents is 1. The van der Waals surface area contributed by atoms with Gasteiger partial charge >= 0.3 is 5.69 Å². The number of aryl methyl sites for hydroxylation is 1. The molecule has 2 heterocycles. The molecule has 0 aliphatic rings. The zero-order valence-corrected chi connectivity index (χ0v) is 13.5. The van der Waals surface area contributed by atoms with Crippen LogP contribution < -0.4 is 5.69 Å². The van der Waals surface area contributed by atoms with Gasteiger partial charge < -0.3 is 0 Å². The Bertz CT molecular complexity index is 979. The summed E-state index contributed by atoms with van der Waals surface area (Å²) in [6.45, 7) is 0. The summed E-state index contributed by atoms with van der Waals surface area (Å²) in [7, 11) is 1.54. The summed E-state index contributed by atoms with van der Waals surface area (Å²) in [5, 5.41) is 11.4. The van der Waals surface area contributed by atoms with E-state index >= 15 is 0 Å². The molecule has 0 N–H and O–H groups in total. The Kier molecular flexibility index (Phi) is 3.50. The fraction of sp³-hybridized carbons (Fsp3) is 0.0769. The van der Waals surface area contributed by atoms with Crippen molar-refractivity contribution in [2.24, 2.45) is 7.05 Å². The molecule has 0 spiro atoms. The van der Waals surface area contributed by atoms with E-state index < -0.39 is 10.6 Å². The van der Waals surface area contributed by atoms with Gasteiger partial charge in [-0.3, -0.25) is 19.2 Å². The van der Waals surface area contributed by atoms with E-state index in [2.05, 4.69) is 20.9 Å². The first-order valence-electron chi connectivity index (χ1n) is 6.09. The SMILES string of the molecule is Cn1c(=O)n(-c2c(Cl)cccc2[N+](=O)[O-])c2ccc(Br)nc21. The topological polar surface area (TPSA) is 83.0 Å². The summed E-state index contributed by atoms with van der Waals surface area (Å²) in [6.07, 6.45) is 0. The number of rotatable bonds is 2. The lowest BCUT2D eigenvalue weighted by atomic mass is 10.2. The highest BCUT2D eigenvalue weighted by atomic mass is 79.9. The number of pyridine rings is 1. The number of aromatic nitrogens is 3. The Morgan fingerprint density at radius 1 is 1.32 bits per heavy atom. The number of fused-ring (bicyclic) bond motifs is 1. The van der Waals surface area contributed by atoms with Crippen molar-refractivity contribution >= 4 is 44.4 Å². The molecule has 0 aliphatic carbocycles. The molecule has 0 saturated carbocycles. The van der Waals surface area contributed by atoms with E-state index in [0.29, 0.717) is 15.8 Å². The van der Waals surface area contributed by atoms with E-state index in [1.165, 1.54) is 27.3 Å². The van der Waals surface area contributed by atoms with E-state index in [1.807, 2.05) is 0 Å². The van der Waals surface area contributed by atoms with Crippen LogP contribution in [0.3, 0.4) is 0 Å². The summed E-state index contributed by atoms with van der Waals surface area (Å²) >= 11 is 9.36. The van der Waals surface area contributed by atoms with Gasteiger partial charge in [0.05, 0.1) is 15.5 Å². The van der Waals surface area contributed by atoms with Crippen LogP contribution in [0.25, 0.3) is 16.9 Å². The molecule has 3 aromatic rings. The largest absolute Gasteiger partial charge is 0.334 e. The van der Waals surface area contributed by atoms with Gasteiger partial charge in [-0.15, -0.1) is 0 Å². The second-order valence-electron chi connectivity index (χ2n) is 4.52. The van der Waals surface area contributed by atoms with Gasteiger partial charge in [-0.05, 0) is 34.1 Å². The van der Waals surface area contributed by atoms with Crippen LogP contribution in [0.15, 0.2) is 39.7 Å². The predicted molar refractivity (Wildman–Crippen MR) is 85.7 cm³/mol. The summed E-state index contributed by atoms with van der Waals surface area (Å²) in [4.78, 5) is 27.4. The molecule has 1 aromatic carbocycles. The number of para-hydroxylation sites is 1. The minimum absolute atomic E-state index is 0.0360. The zero-order valence-electron chi connectivity index (χ0n) is 11.2. The van der Waals surface area contributed by atoms with Crippen molar-refractivity contribution in [2.75, 3.05) is 0 Å². The molecule has 0 fully saturated rings. The molecule has 0 bridgehead atoms. The van der Waals surface area contributed by atoms with Crippen LogP contribution in [-0.2, 0) is 7.05 Å². The Morgan fingerprint density at radius 2 is 2.05 bits per heavy atom. The average Bonchev–Trinajstić information content (AvgIpc) is 2.71. The third-order valence-electron chi connectivity index (χ3n) is 3.24. The Hall–Kier alpha value is -2.19. The van der Waals surface area contributed by atoms with E-state index in [0.717, 1.165) is 0 Å². The Labute approximate surface area is 137 Å². The van der Waals surface area contributed by atoms with Crippen LogP contribution in [0.5, 0.6) is 0 Å². The van der Waals surface area contributed by atoms with E-state index in [4.69, 9.17) is 11.6 Å². The van der Waals surface area contributed by atoms with Crippen molar-refractivity contribution in [1.29, 1.82) is 0 Å². The Morgan fingerprint density at radius 3 is 2.73 bits per heavy atom. The van der Waals surface area contributed by atoms with Crippen molar-refractivity contribution in [3.63, 3.8) is 0 Å².